The fraction of sp³-hybridized carbons (Fsp3) is 0.182. The van der Waals surface area contributed by atoms with Crippen molar-refractivity contribution in [2.75, 3.05) is 14.2 Å². The third-order valence-corrected chi connectivity index (χ3v) is 4.81. The van der Waals surface area contributed by atoms with E-state index in [2.05, 4.69) is 16.0 Å². The Morgan fingerprint density at radius 3 is 2.28 bits per heavy atom. The molecule has 0 aliphatic carbocycles. The van der Waals surface area contributed by atoms with Crippen LogP contribution in [0.4, 0.5) is 0 Å². The molecule has 0 atom stereocenters. The summed E-state index contributed by atoms with van der Waals surface area (Å²) in [6, 6.07) is 13.9. The van der Waals surface area contributed by atoms with Crippen LogP contribution in [0.1, 0.15) is 16.8 Å². The monoisotopic (exact) mass is 432 g/mol. The average molecular weight is 433 g/mol. The van der Waals surface area contributed by atoms with Gasteiger partial charge in [-0.05, 0) is 42.1 Å². The highest BCUT2D eigenvalue weighted by Gasteiger charge is 2.16. The maximum atomic E-state index is 10.6. The number of halogens is 2. The van der Waals surface area contributed by atoms with E-state index < -0.39 is 0 Å². The maximum Gasteiger partial charge on any atom is 0.215 e. The number of pyridine rings is 2. The van der Waals surface area contributed by atoms with E-state index in [1.54, 1.807) is 14.2 Å². The molecule has 0 aliphatic heterocycles. The molecule has 0 aliphatic rings. The van der Waals surface area contributed by atoms with E-state index in [4.69, 9.17) is 9.47 Å². The van der Waals surface area contributed by atoms with Gasteiger partial charge in [0.15, 0.2) is 11.5 Å². The smallest absolute Gasteiger partial charge is 0.215 e. The van der Waals surface area contributed by atoms with E-state index in [1.165, 1.54) is 0 Å². The Balaban J connectivity index is 0.00000150. The molecule has 0 saturated carbocycles. The number of methoxy groups -OCH3 is 2. The molecule has 5 nitrogen and oxygen atoms in total. The van der Waals surface area contributed by atoms with E-state index in [9.17, 15) is 5.11 Å². The summed E-state index contributed by atoms with van der Waals surface area (Å²) < 4.78 is 10.9. The topological polar surface area (TPSA) is 64.5 Å². The Hall–Kier alpha value is -2.76. The van der Waals surface area contributed by atoms with Crippen molar-refractivity contribution in [3.05, 3.63) is 65.5 Å². The Morgan fingerprint density at radius 1 is 0.931 bits per heavy atom. The van der Waals surface area contributed by atoms with Crippen molar-refractivity contribution in [1.29, 1.82) is 0 Å². The lowest BCUT2D eigenvalue weighted by Crippen LogP contribution is -1.98. The molecule has 0 unspecified atom stereocenters. The zero-order valence-corrected chi connectivity index (χ0v) is 17.9. The summed E-state index contributed by atoms with van der Waals surface area (Å²) in [7, 11) is 3.21. The van der Waals surface area contributed by atoms with Crippen molar-refractivity contribution in [3.8, 4) is 17.4 Å². The lowest BCUT2D eigenvalue weighted by atomic mass is 9.98. The summed E-state index contributed by atoms with van der Waals surface area (Å²) in [6.07, 6.45) is 2.36. The minimum atomic E-state index is 0. The Morgan fingerprint density at radius 2 is 1.59 bits per heavy atom. The molecule has 4 aromatic rings. The van der Waals surface area contributed by atoms with Gasteiger partial charge in [0.05, 0.1) is 19.7 Å². The van der Waals surface area contributed by atoms with Crippen LogP contribution in [0.3, 0.4) is 0 Å². The Bertz CT molecular complexity index is 1170. The van der Waals surface area contributed by atoms with Gasteiger partial charge in [0.1, 0.15) is 0 Å². The number of hydrogen-bond donors (Lipinski definition) is 1. The minimum absolute atomic E-state index is 0. The van der Waals surface area contributed by atoms with E-state index in [-0.39, 0.29) is 30.7 Å². The first-order valence-electron chi connectivity index (χ1n) is 8.68. The van der Waals surface area contributed by atoms with Gasteiger partial charge < -0.3 is 14.6 Å². The molecule has 0 fully saturated rings. The quantitative estimate of drug-likeness (QED) is 0.476. The van der Waals surface area contributed by atoms with Crippen molar-refractivity contribution in [1.82, 2.24) is 9.97 Å². The normalized spacial score (nSPS) is 10.3. The van der Waals surface area contributed by atoms with E-state index in [0.29, 0.717) is 17.9 Å². The molecule has 29 heavy (non-hydrogen) atoms. The van der Waals surface area contributed by atoms with Crippen LogP contribution >= 0.6 is 24.8 Å². The second-order valence-corrected chi connectivity index (χ2v) is 6.47. The van der Waals surface area contributed by atoms with Crippen molar-refractivity contribution in [3.63, 3.8) is 0 Å². The number of para-hydroxylation sites is 1. The summed E-state index contributed by atoms with van der Waals surface area (Å²) in [5.41, 5.74) is 3.44. The van der Waals surface area contributed by atoms with Crippen molar-refractivity contribution in [2.24, 2.45) is 0 Å². The van der Waals surface area contributed by atoms with Crippen LogP contribution in [0, 0.1) is 6.92 Å². The fourth-order valence-corrected chi connectivity index (χ4v) is 3.43. The van der Waals surface area contributed by atoms with Crippen LogP contribution in [0.25, 0.3) is 21.7 Å². The third-order valence-electron chi connectivity index (χ3n) is 4.81. The highest BCUT2D eigenvalue weighted by Crippen LogP contribution is 2.37. The zero-order chi connectivity index (χ0) is 19.0. The van der Waals surface area contributed by atoms with Gasteiger partial charge in [-0.1, -0.05) is 18.2 Å². The molecule has 152 valence electrons. The molecule has 1 N–H and O–H groups in total. The van der Waals surface area contributed by atoms with Crippen LogP contribution < -0.4 is 9.47 Å². The molecule has 2 aromatic carbocycles. The van der Waals surface area contributed by atoms with Crippen molar-refractivity contribution in [2.45, 2.75) is 13.3 Å². The zero-order valence-electron chi connectivity index (χ0n) is 16.3. The van der Waals surface area contributed by atoms with Gasteiger partial charge in [-0.15, -0.1) is 24.8 Å². The van der Waals surface area contributed by atoms with Gasteiger partial charge in [-0.2, -0.15) is 0 Å². The molecule has 2 aromatic heterocycles. The number of rotatable bonds is 4. The summed E-state index contributed by atoms with van der Waals surface area (Å²) in [5.74, 6) is 1.28. The number of aryl methyl sites for hydroxylation is 1. The number of aromatic nitrogens is 2. The molecule has 0 radical (unpaired) electrons. The first-order valence-corrected chi connectivity index (χ1v) is 8.68. The number of nitrogens with zero attached hydrogens (tertiary/aromatic N) is 2. The molecule has 2 heterocycles. The van der Waals surface area contributed by atoms with Gasteiger partial charge in [0, 0.05) is 34.6 Å². The van der Waals surface area contributed by atoms with E-state index in [0.717, 1.165) is 38.5 Å². The van der Waals surface area contributed by atoms with E-state index in [1.807, 2.05) is 49.5 Å². The highest BCUT2D eigenvalue weighted by atomic mass is 35.5. The third kappa shape index (κ3) is 4.16. The number of hydrogen-bond acceptors (Lipinski definition) is 5. The molecule has 7 heteroatoms. The van der Waals surface area contributed by atoms with Gasteiger partial charge in [-0.25, -0.2) is 4.98 Å². The SMILES string of the molecule is COc1cc2c(C)nc(O)c(Cc3cnc4ccccc4c3)c2cc1OC.Cl.Cl. The molecule has 0 amide bonds. The van der Waals surface area contributed by atoms with Crippen LogP contribution in [-0.4, -0.2) is 29.3 Å². The van der Waals surface area contributed by atoms with Crippen molar-refractivity contribution >= 4 is 46.5 Å². The lowest BCUT2D eigenvalue weighted by molar-refractivity contribution is 0.355. The van der Waals surface area contributed by atoms with E-state index >= 15 is 0 Å². The maximum absolute atomic E-state index is 10.6. The largest absolute Gasteiger partial charge is 0.493 e. The molecule has 0 bridgehead atoms. The first-order chi connectivity index (χ1) is 13.1. The Kier molecular flexibility index (Phi) is 7.11. The number of ether oxygens (including phenoxy) is 2. The average Bonchev–Trinajstić information content (AvgIpc) is 2.70. The molecule has 0 saturated heterocycles. The number of aromatic hydroxyl groups is 1. The van der Waals surface area contributed by atoms with Crippen LogP contribution in [0.15, 0.2) is 48.7 Å². The van der Waals surface area contributed by atoms with Crippen LogP contribution in [0.5, 0.6) is 17.4 Å². The van der Waals surface area contributed by atoms with Crippen molar-refractivity contribution < 1.29 is 14.6 Å². The lowest BCUT2D eigenvalue weighted by Gasteiger charge is -2.15. The predicted molar refractivity (Wildman–Crippen MR) is 120 cm³/mol. The summed E-state index contributed by atoms with van der Waals surface area (Å²) in [5, 5.41) is 13.4. The molecule has 4 rings (SSSR count). The number of benzene rings is 2. The molecule has 0 spiro atoms. The van der Waals surface area contributed by atoms with Gasteiger partial charge in [0.2, 0.25) is 5.88 Å². The Labute approximate surface area is 181 Å². The summed E-state index contributed by atoms with van der Waals surface area (Å²) in [4.78, 5) is 8.85. The summed E-state index contributed by atoms with van der Waals surface area (Å²) in [6.45, 7) is 1.87. The molecular weight excluding hydrogens is 411 g/mol. The highest BCUT2D eigenvalue weighted by molar-refractivity contribution is 5.92. The molecular formula is C22H22Cl2N2O3. The fourth-order valence-electron chi connectivity index (χ4n) is 3.43. The van der Waals surface area contributed by atoms with Crippen LogP contribution in [-0.2, 0) is 6.42 Å². The second kappa shape index (κ2) is 9.16. The van der Waals surface area contributed by atoms with Crippen LogP contribution in [0.2, 0.25) is 0 Å². The summed E-state index contributed by atoms with van der Waals surface area (Å²) >= 11 is 0. The van der Waals surface area contributed by atoms with Gasteiger partial charge >= 0.3 is 0 Å². The minimum Gasteiger partial charge on any atom is -0.493 e. The standard InChI is InChI=1S/C22H20N2O3.2ClH/c1-13-16-10-20(26-2)21(27-3)11-17(16)18(22(25)24-13)9-14-8-15-6-4-5-7-19(15)23-12-14;;/h4-8,10-12H,9H2,1-3H3,(H,24,25);2*1H. The number of fused-ring (bicyclic) bond motifs is 2. The van der Waals surface area contributed by atoms with Gasteiger partial charge in [0.25, 0.3) is 0 Å². The predicted octanol–water partition coefficient (Wildman–Crippen LogP) is 5.25. The van der Waals surface area contributed by atoms with Gasteiger partial charge in [-0.3, -0.25) is 4.98 Å². The first kappa shape index (κ1) is 22.5. The second-order valence-electron chi connectivity index (χ2n) is 6.47.